The zero-order chi connectivity index (χ0) is 33.1. The van der Waals surface area contributed by atoms with Gasteiger partial charge in [-0.25, -0.2) is 4.79 Å². The fourth-order valence-electron chi connectivity index (χ4n) is 6.27. The molecule has 0 bridgehead atoms. The van der Waals surface area contributed by atoms with Crippen LogP contribution >= 0.6 is 0 Å². The van der Waals surface area contributed by atoms with Crippen LogP contribution in [0.25, 0.3) is 17.0 Å². The molecule has 6 rings (SSSR count). The van der Waals surface area contributed by atoms with E-state index in [2.05, 4.69) is 15.6 Å². The molecular formula is C37H41N5O5. The van der Waals surface area contributed by atoms with E-state index >= 15 is 0 Å². The third-order valence-corrected chi connectivity index (χ3v) is 8.91. The van der Waals surface area contributed by atoms with Crippen molar-refractivity contribution in [1.29, 1.82) is 0 Å². The number of ether oxygens (including phenoxy) is 2. The number of urea groups is 1. The minimum atomic E-state index is -0.473. The Labute approximate surface area is 274 Å². The van der Waals surface area contributed by atoms with Gasteiger partial charge in [-0.2, -0.15) is 0 Å². The minimum absolute atomic E-state index is 0.0871. The quantitative estimate of drug-likeness (QED) is 0.169. The van der Waals surface area contributed by atoms with Crippen molar-refractivity contribution < 1.29 is 23.9 Å². The molecule has 3 aromatic carbocycles. The first-order valence-electron chi connectivity index (χ1n) is 16.1. The first-order valence-corrected chi connectivity index (χ1v) is 16.1. The van der Waals surface area contributed by atoms with E-state index in [1.54, 1.807) is 61.5 Å². The first-order chi connectivity index (χ1) is 22.7. The summed E-state index contributed by atoms with van der Waals surface area (Å²) in [5, 5.41) is 6.56. The third-order valence-electron chi connectivity index (χ3n) is 8.91. The largest absolute Gasteiger partial charge is 0.497 e. The van der Waals surface area contributed by atoms with Gasteiger partial charge in [0.25, 0.3) is 5.91 Å². The molecule has 4 aromatic rings. The number of nitrogens with one attached hydrogen (secondary N) is 3. The van der Waals surface area contributed by atoms with E-state index in [9.17, 15) is 14.4 Å². The zero-order valence-electron chi connectivity index (χ0n) is 27.3. The normalized spacial score (nSPS) is 15.5. The van der Waals surface area contributed by atoms with Gasteiger partial charge in [-0.3, -0.25) is 9.59 Å². The van der Waals surface area contributed by atoms with Gasteiger partial charge in [0.15, 0.2) is 5.76 Å². The molecule has 1 fully saturated rings. The number of Topliss-reactive ketones (excluding diaryl/α,β-unsaturated/α-hetero) is 1. The summed E-state index contributed by atoms with van der Waals surface area (Å²) in [6, 6.07) is 17.2. The highest BCUT2D eigenvalue weighted by Gasteiger charge is 2.30. The zero-order valence-corrected chi connectivity index (χ0v) is 27.3. The molecule has 3 amide bonds. The third kappa shape index (κ3) is 7.02. The number of amides is 3. The Kier molecular flexibility index (Phi) is 9.31. The number of benzene rings is 3. The molecular weight excluding hydrogens is 594 g/mol. The highest BCUT2D eigenvalue weighted by molar-refractivity contribution is 6.16. The number of hydrogen-bond acceptors (Lipinski definition) is 6. The van der Waals surface area contributed by atoms with Crippen molar-refractivity contribution in [3.63, 3.8) is 0 Å². The predicted molar refractivity (Wildman–Crippen MR) is 185 cm³/mol. The van der Waals surface area contributed by atoms with Gasteiger partial charge in [0.05, 0.1) is 12.7 Å². The molecule has 1 aliphatic heterocycles. The molecule has 2 heterocycles. The number of fused-ring (bicyclic) bond motifs is 2. The molecule has 3 N–H and O–H groups in total. The Morgan fingerprint density at radius 2 is 1.66 bits per heavy atom. The smallest absolute Gasteiger partial charge is 0.323 e. The van der Waals surface area contributed by atoms with Crippen LogP contribution in [0.2, 0.25) is 0 Å². The van der Waals surface area contributed by atoms with E-state index in [0.29, 0.717) is 40.7 Å². The van der Waals surface area contributed by atoms with Crippen LogP contribution in [0.5, 0.6) is 11.5 Å². The number of likely N-dealkylation sites (N-methyl/N-ethyl adjacent to an activating group) is 2. The standard InChI is InChI=1S/C37H41N5O5/c1-41(2)18-19-42(3)36(44)24-10-12-25(13-11-24)38-37(45)39-26-14-17-32-30(20-26)35(43)33(47-32)22-29-28-21-27(46-4)15-16-31(28)40-34(29)23-8-6-5-7-9-23/h10-17,20-23,40H,5-9,18-19H2,1-4H3,(H2,38,39,45)/b33-22-. The Bertz CT molecular complexity index is 1840. The summed E-state index contributed by atoms with van der Waals surface area (Å²) in [5.41, 5.74) is 4.97. The minimum Gasteiger partial charge on any atom is -0.497 e. The number of H-pyrrole nitrogens is 1. The van der Waals surface area contributed by atoms with Crippen molar-refractivity contribution in [3.05, 3.63) is 88.8 Å². The van der Waals surface area contributed by atoms with Crippen LogP contribution in [0, 0.1) is 0 Å². The van der Waals surface area contributed by atoms with Gasteiger partial charge < -0.3 is 34.9 Å². The van der Waals surface area contributed by atoms with E-state index in [1.165, 1.54) is 19.3 Å². The molecule has 2 aliphatic rings. The summed E-state index contributed by atoms with van der Waals surface area (Å²) in [5.74, 6) is 1.48. The van der Waals surface area contributed by atoms with Crippen LogP contribution in [0.15, 0.2) is 66.4 Å². The molecule has 0 saturated heterocycles. The Balaban J connectivity index is 1.16. The van der Waals surface area contributed by atoms with E-state index < -0.39 is 6.03 Å². The number of aromatic nitrogens is 1. The van der Waals surface area contributed by atoms with Gasteiger partial charge in [-0.15, -0.1) is 0 Å². The number of nitrogens with zero attached hydrogens (tertiary/aromatic N) is 2. The van der Waals surface area contributed by atoms with Gasteiger partial charge in [-0.05, 0) is 99.6 Å². The second-order valence-corrected chi connectivity index (χ2v) is 12.5. The molecule has 10 heteroatoms. The van der Waals surface area contributed by atoms with Crippen molar-refractivity contribution in [3.8, 4) is 11.5 Å². The maximum Gasteiger partial charge on any atom is 0.323 e. The lowest BCUT2D eigenvalue weighted by Crippen LogP contribution is -2.33. The molecule has 1 saturated carbocycles. The summed E-state index contributed by atoms with van der Waals surface area (Å²) in [7, 11) is 7.34. The number of aromatic amines is 1. The molecule has 244 valence electrons. The van der Waals surface area contributed by atoms with E-state index in [-0.39, 0.29) is 17.4 Å². The summed E-state index contributed by atoms with van der Waals surface area (Å²) < 4.78 is 11.6. The second-order valence-electron chi connectivity index (χ2n) is 12.5. The first kappa shape index (κ1) is 31.9. The lowest BCUT2D eigenvalue weighted by Gasteiger charge is -2.21. The monoisotopic (exact) mass is 635 g/mol. The fraction of sp³-hybridized carbons (Fsp3) is 0.324. The number of anilines is 2. The maximum absolute atomic E-state index is 13.6. The topological polar surface area (TPSA) is 116 Å². The number of allylic oxidation sites excluding steroid dienone is 1. The summed E-state index contributed by atoms with van der Waals surface area (Å²) in [4.78, 5) is 46.5. The van der Waals surface area contributed by atoms with E-state index in [1.807, 2.05) is 43.3 Å². The fourth-order valence-corrected chi connectivity index (χ4v) is 6.27. The summed E-state index contributed by atoms with van der Waals surface area (Å²) in [6.45, 7) is 1.38. The number of methoxy groups -OCH3 is 1. The van der Waals surface area contributed by atoms with Crippen LogP contribution in [-0.4, -0.2) is 73.8 Å². The van der Waals surface area contributed by atoms with Crippen molar-refractivity contribution >= 4 is 46.1 Å². The predicted octanol–water partition coefficient (Wildman–Crippen LogP) is 7.12. The van der Waals surface area contributed by atoms with Gasteiger partial charge in [0, 0.05) is 59.2 Å². The molecule has 1 aromatic heterocycles. The average Bonchev–Trinajstić information content (AvgIpc) is 3.60. The summed E-state index contributed by atoms with van der Waals surface area (Å²) >= 11 is 0. The molecule has 0 atom stereocenters. The molecule has 0 spiro atoms. The maximum atomic E-state index is 13.6. The summed E-state index contributed by atoms with van der Waals surface area (Å²) in [6.07, 6.45) is 7.66. The molecule has 0 unspecified atom stereocenters. The molecule has 0 radical (unpaired) electrons. The highest BCUT2D eigenvalue weighted by Crippen LogP contribution is 2.40. The van der Waals surface area contributed by atoms with Crippen LogP contribution in [0.4, 0.5) is 16.2 Å². The Hall–Kier alpha value is -5.09. The van der Waals surface area contributed by atoms with Crippen LogP contribution in [0.3, 0.4) is 0 Å². The molecule has 47 heavy (non-hydrogen) atoms. The Morgan fingerprint density at radius 3 is 2.38 bits per heavy atom. The van der Waals surface area contributed by atoms with Gasteiger partial charge >= 0.3 is 6.03 Å². The van der Waals surface area contributed by atoms with Crippen LogP contribution < -0.4 is 20.1 Å². The number of hydrogen-bond donors (Lipinski definition) is 3. The van der Waals surface area contributed by atoms with Crippen molar-refractivity contribution in [1.82, 2.24) is 14.8 Å². The van der Waals surface area contributed by atoms with Crippen molar-refractivity contribution in [2.45, 2.75) is 38.0 Å². The highest BCUT2D eigenvalue weighted by atomic mass is 16.5. The van der Waals surface area contributed by atoms with Gasteiger partial charge in [0.2, 0.25) is 5.78 Å². The van der Waals surface area contributed by atoms with E-state index in [4.69, 9.17) is 9.47 Å². The number of carbonyl (C=O) groups excluding carboxylic acids is 3. The number of carbonyl (C=O) groups is 3. The van der Waals surface area contributed by atoms with Crippen LogP contribution in [0.1, 0.15) is 70.0 Å². The van der Waals surface area contributed by atoms with Gasteiger partial charge in [-0.1, -0.05) is 19.3 Å². The van der Waals surface area contributed by atoms with Crippen molar-refractivity contribution in [2.24, 2.45) is 0 Å². The lowest BCUT2D eigenvalue weighted by atomic mass is 9.85. The molecule has 1 aliphatic carbocycles. The lowest BCUT2D eigenvalue weighted by molar-refractivity contribution is 0.0786. The SMILES string of the molecule is COc1ccc2[nH]c(C3CCCCC3)c(/C=C3\Oc4ccc(NC(=O)Nc5ccc(C(=O)N(C)CCN(C)C)cc5)cc4C3=O)c2c1. The number of ketones is 1. The van der Waals surface area contributed by atoms with Crippen LogP contribution in [-0.2, 0) is 0 Å². The Morgan fingerprint density at radius 1 is 0.936 bits per heavy atom. The van der Waals surface area contributed by atoms with Gasteiger partial charge in [0.1, 0.15) is 11.5 Å². The number of rotatable bonds is 9. The molecule has 10 nitrogen and oxygen atoms in total. The second kappa shape index (κ2) is 13.7. The van der Waals surface area contributed by atoms with E-state index in [0.717, 1.165) is 47.3 Å². The van der Waals surface area contributed by atoms with Crippen molar-refractivity contribution in [2.75, 3.05) is 52.0 Å². The average molecular weight is 636 g/mol.